The van der Waals surface area contributed by atoms with Gasteiger partial charge in [-0.1, -0.05) is 59.1 Å². The first-order valence-corrected chi connectivity index (χ1v) is 17.9. The van der Waals surface area contributed by atoms with Crippen LogP contribution in [0.15, 0.2) is 70.1 Å². The molecule has 3 N–H and O–H groups in total. The second-order valence-corrected chi connectivity index (χ2v) is 14.7. The van der Waals surface area contributed by atoms with E-state index in [4.69, 9.17) is 4.74 Å². The van der Waals surface area contributed by atoms with E-state index in [0.717, 1.165) is 72.7 Å². The number of amides is 2. The predicted molar refractivity (Wildman–Crippen MR) is 184 cm³/mol. The molecular weight excluding hydrogens is 660 g/mol. The van der Waals surface area contributed by atoms with E-state index in [-0.39, 0.29) is 47.3 Å². The van der Waals surface area contributed by atoms with Crippen LogP contribution in [0.2, 0.25) is 0 Å². The molecule has 1 aromatic heterocycles. The van der Waals surface area contributed by atoms with E-state index in [2.05, 4.69) is 32.6 Å². The molecule has 2 amide bonds. The summed E-state index contributed by atoms with van der Waals surface area (Å²) in [5, 5.41) is 18.5. The summed E-state index contributed by atoms with van der Waals surface area (Å²) in [5.74, 6) is 0.412. The molecule has 3 atom stereocenters. The summed E-state index contributed by atoms with van der Waals surface area (Å²) >= 11 is 3.60. The molecule has 2 aliphatic carbocycles. The Bertz CT molecular complexity index is 1680. The first-order chi connectivity index (χ1) is 22.8. The number of halogens is 1. The van der Waals surface area contributed by atoms with Crippen molar-refractivity contribution in [1.29, 1.82) is 0 Å². The maximum atomic E-state index is 14.0. The molecule has 2 aliphatic heterocycles. The highest BCUT2D eigenvalue weighted by molar-refractivity contribution is 9.10. The normalized spacial score (nSPS) is 21.6. The van der Waals surface area contributed by atoms with Crippen molar-refractivity contribution >= 4 is 33.4 Å². The van der Waals surface area contributed by atoms with Crippen LogP contribution in [0.3, 0.4) is 0 Å². The molecule has 3 aromatic rings. The third-order valence-electron chi connectivity index (χ3n) is 10.5. The number of carbonyl (C=O) groups is 2. The molecule has 0 radical (unpaired) electrons. The van der Waals surface area contributed by atoms with Gasteiger partial charge in [-0.25, -0.2) is 0 Å². The zero-order valence-electron chi connectivity index (χ0n) is 26.6. The van der Waals surface area contributed by atoms with Crippen LogP contribution < -0.4 is 25.8 Å². The van der Waals surface area contributed by atoms with Crippen molar-refractivity contribution in [3.63, 3.8) is 0 Å². The highest BCUT2D eigenvalue weighted by Crippen LogP contribution is 2.49. The van der Waals surface area contributed by atoms with Crippen molar-refractivity contribution in [3.8, 4) is 5.75 Å². The monoisotopic (exact) mass is 702 g/mol. The lowest BCUT2D eigenvalue weighted by atomic mass is 9.73. The van der Waals surface area contributed by atoms with Crippen LogP contribution in [0.1, 0.15) is 97.8 Å². The Morgan fingerprint density at radius 3 is 2.53 bits per heavy atom. The minimum atomic E-state index is -0.907. The van der Waals surface area contributed by atoms with Gasteiger partial charge in [-0.2, -0.15) is 0 Å². The molecule has 3 heterocycles. The Hall–Kier alpha value is -3.47. The quantitative estimate of drug-likeness (QED) is 0.254. The number of nitrogens with zero attached hydrogens (tertiary/aromatic N) is 2. The molecule has 0 unspecified atom stereocenters. The van der Waals surface area contributed by atoms with E-state index in [9.17, 15) is 19.5 Å². The highest BCUT2D eigenvalue weighted by atomic mass is 79.9. The van der Waals surface area contributed by atoms with Crippen molar-refractivity contribution in [3.05, 3.63) is 92.3 Å². The fourth-order valence-corrected chi connectivity index (χ4v) is 8.15. The van der Waals surface area contributed by atoms with Gasteiger partial charge in [0.05, 0.1) is 17.7 Å². The third kappa shape index (κ3) is 6.78. The summed E-state index contributed by atoms with van der Waals surface area (Å²) < 4.78 is 9.10. The minimum Gasteiger partial charge on any atom is -0.487 e. The van der Waals surface area contributed by atoms with E-state index in [0.29, 0.717) is 31.4 Å². The van der Waals surface area contributed by atoms with E-state index in [1.54, 1.807) is 16.8 Å². The van der Waals surface area contributed by atoms with Crippen LogP contribution in [0.25, 0.3) is 0 Å². The second kappa shape index (κ2) is 13.6. The van der Waals surface area contributed by atoms with Gasteiger partial charge >= 0.3 is 0 Å². The molecular formula is C37H43BrN4O5. The summed E-state index contributed by atoms with van der Waals surface area (Å²) in [7, 11) is 0. The number of aliphatic hydroxyl groups excluding tert-OH is 1. The molecule has 4 aliphatic rings. The van der Waals surface area contributed by atoms with E-state index >= 15 is 0 Å². The van der Waals surface area contributed by atoms with E-state index < -0.39 is 12.1 Å². The Morgan fingerprint density at radius 1 is 1.04 bits per heavy atom. The largest absolute Gasteiger partial charge is 0.487 e. The maximum absolute atomic E-state index is 14.0. The fourth-order valence-electron chi connectivity index (χ4n) is 7.77. The zero-order valence-corrected chi connectivity index (χ0v) is 28.2. The first kappa shape index (κ1) is 32.1. The average molecular weight is 704 g/mol. The summed E-state index contributed by atoms with van der Waals surface area (Å²) in [6.07, 6.45) is 10.0. The maximum Gasteiger partial charge on any atom is 0.274 e. The number of anilines is 1. The number of hydrogen-bond donors (Lipinski definition) is 3. The van der Waals surface area contributed by atoms with Crippen molar-refractivity contribution in [2.45, 2.75) is 100 Å². The van der Waals surface area contributed by atoms with Crippen LogP contribution in [0.5, 0.6) is 5.75 Å². The number of hydrogen-bond acceptors (Lipinski definition) is 6. The van der Waals surface area contributed by atoms with Crippen LogP contribution in [0.4, 0.5) is 5.69 Å². The van der Waals surface area contributed by atoms with Gasteiger partial charge in [0, 0.05) is 54.2 Å². The van der Waals surface area contributed by atoms with Gasteiger partial charge < -0.3 is 29.9 Å². The number of benzene rings is 2. The number of carbonyl (C=O) groups excluding carboxylic acids is 2. The second-order valence-electron chi connectivity index (χ2n) is 13.7. The fraction of sp³-hybridized carbons (Fsp3) is 0.486. The van der Waals surface area contributed by atoms with Crippen molar-refractivity contribution < 1.29 is 19.4 Å². The zero-order chi connectivity index (χ0) is 32.5. The summed E-state index contributed by atoms with van der Waals surface area (Å²) in [6, 6.07) is 16.9. The van der Waals surface area contributed by atoms with Gasteiger partial charge in [0.2, 0.25) is 5.91 Å². The molecule has 10 heteroatoms. The van der Waals surface area contributed by atoms with E-state index in [1.807, 2.05) is 42.5 Å². The Labute approximate surface area is 283 Å². The molecule has 47 heavy (non-hydrogen) atoms. The molecule has 9 nitrogen and oxygen atoms in total. The molecule has 0 bridgehead atoms. The summed E-state index contributed by atoms with van der Waals surface area (Å²) in [5.41, 5.74) is 2.25. The number of aromatic nitrogens is 1. The number of rotatable bonds is 10. The first-order valence-electron chi connectivity index (χ1n) is 17.1. The molecule has 248 valence electrons. The molecule has 2 saturated carbocycles. The number of nitrogens with one attached hydrogen (secondary N) is 2. The van der Waals surface area contributed by atoms with Gasteiger partial charge in [0.15, 0.2) is 0 Å². The smallest absolute Gasteiger partial charge is 0.274 e. The van der Waals surface area contributed by atoms with Crippen molar-refractivity contribution in [2.24, 2.45) is 0 Å². The van der Waals surface area contributed by atoms with Crippen LogP contribution >= 0.6 is 15.9 Å². The van der Waals surface area contributed by atoms with Crippen molar-refractivity contribution in [1.82, 2.24) is 15.2 Å². The topological polar surface area (TPSA) is 113 Å². The Balaban J connectivity index is 1.14. The highest BCUT2D eigenvalue weighted by Gasteiger charge is 2.45. The van der Waals surface area contributed by atoms with Gasteiger partial charge in [0.1, 0.15) is 17.0 Å². The van der Waals surface area contributed by atoms with Gasteiger partial charge in [0.25, 0.3) is 11.5 Å². The lowest BCUT2D eigenvalue weighted by Crippen LogP contribution is -2.52. The van der Waals surface area contributed by atoms with Crippen LogP contribution in [-0.4, -0.2) is 52.3 Å². The molecule has 2 aromatic carbocycles. The Morgan fingerprint density at radius 2 is 1.83 bits per heavy atom. The van der Waals surface area contributed by atoms with Gasteiger partial charge in [-0.3, -0.25) is 14.4 Å². The molecule has 3 fully saturated rings. The predicted octanol–water partition coefficient (Wildman–Crippen LogP) is 5.59. The molecule has 7 rings (SSSR count). The Kier molecular flexibility index (Phi) is 9.26. The minimum absolute atomic E-state index is 0.00274. The number of fused-ring (bicyclic) bond motifs is 1. The molecule has 1 saturated heterocycles. The molecule has 1 spiro atoms. The SMILES string of the molecule is O=C(N[C@@H](Cc1ccccc1)[C@H](O)CN[C@H]1CC2(CCC2)Oc2ccc(Br)cc21)c1cc(N2CCCC2=O)c(=O)n(C2CCCC2)c1. The van der Waals surface area contributed by atoms with E-state index in [1.165, 1.54) is 4.90 Å². The number of ether oxygens (including phenoxy) is 1. The van der Waals surface area contributed by atoms with Gasteiger partial charge in [-0.15, -0.1) is 0 Å². The lowest BCUT2D eigenvalue weighted by Gasteiger charge is -2.48. The summed E-state index contributed by atoms with van der Waals surface area (Å²) in [6.45, 7) is 0.734. The number of aliphatic hydroxyl groups is 1. The standard InChI is InChI=1S/C37H43BrN4O5/c38-26-13-14-33-28(20-26)30(21-37(47-33)15-7-16-37)39-22-32(43)29(18-24-8-2-1-3-9-24)40-35(45)25-19-31(41-17-6-12-34(41)44)36(46)42(23-25)27-10-4-5-11-27/h1-3,8-9,13-14,19-20,23,27,29-30,32,39,43H,4-7,10-12,15-18,21-22H2,(H,40,45)/t29-,30-,32+/m0/s1. The number of pyridine rings is 1. The van der Waals surface area contributed by atoms with Crippen LogP contribution in [-0.2, 0) is 11.2 Å². The van der Waals surface area contributed by atoms with Gasteiger partial charge in [-0.05, 0) is 74.8 Å². The summed E-state index contributed by atoms with van der Waals surface area (Å²) in [4.78, 5) is 41.9. The third-order valence-corrected chi connectivity index (χ3v) is 11.0. The lowest BCUT2D eigenvalue weighted by molar-refractivity contribution is -0.117. The average Bonchev–Trinajstić information content (AvgIpc) is 3.75. The van der Waals surface area contributed by atoms with Crippen molar-refractivity contribution in [2.75, 3.05) is 18.0 Å². The van der Waals surface area contributed by atoms with Crippen LogP contribution in [0, 0.1) is 0 Å².